The lowest BCUT2D eigenvalue weighted by atomic mass is 10.3. The summed E-state index contributed by atoms with van der Waals surface area (Å²) < 4.78 is 11.3. The van der Waals surface area contributed by atoms with Crippen molar-refractivity contribution < 1.29 is 9.47 Å². The van der Waals surface area contributed by atoms with Crippen LogP contribution in [-0.2, 0) is 0 Å². The molecule has 2 rings (SSSR count). The van der Waals surface area contributed by atoms with Gasteiger partial charge in [-0.05, 0) is 39.3 Å². The molecule has 8 heteroatoms. The maximum absolute atomic E-state index is 5.93. The van der Waals surface area contributed by atoms with E-state index in [9.17, 15) is 0 Å². The molecule has 1 aromatic rings. The van der Waals surface area contributed by atoms with Crippen LogP contribution in [0.3, 0.4) is 0 Å². The van der Waals surface area contributed by atoms with Gasteiger partial charge in [-0.3, -0.25) is 5.43 Å². The number of pyridine rings is 1. The lowest BCUT2D eigenvalue weighted by Crippen LogP contribution is -2.21. The number of allylic oxidation sites excluding steroid dienone is 1. The van der Waals surface area contributed by atoms with E-state index < -0.39 is 0 Å². The van der Waals surface area contributed by atoms with Gasteiger partial charge in [0.1, 0.15) is 5.84 Å². The monoisotopic (exact) mass is 374 g/mol. The van der Waals surface area contributed by atoms with E-state index in [1.807, 2.05) is 20.0 Å². The van der Waals surface area contributed by atoms with Crippen LogP contribution in [0.15, 0.2) is 34.1 Å². The van der Waals surface area contributed by atoms with Crippen molar-refractivity contribution in [2.24, 2.45) is 10.1 Å². The van der Waals surface area contributed by atoms with Gasteiger partial charge in [0, 0.05) is 38.1 Å². The first-order chi connectivity index (χ1) is 13.2. The fraction of sp³-hybridized carbons (Fsp3) is 0.526. The Balaban J connectivity index is 2.05. The van der Waals surface area contributed by atoms with Crippen LogP contribution in [0.4, 0.5) is 5.82 Å². The third-order valence-electron chi connectivity index (χ3n) is 4.29. The zero-order chi connectivity index (χ0) is 19.5. The van der Waals surface area contributed by atoms with E-state index in [0.29, 0.717) is 29.8 Å². The molecule has 2 N–H and O–H groups in total. The van der Waals surface area contributed by atoms with Crippen molar-refractivity contribution in [3.63, 3.8) is 0 Å². The fourth-order valence-corrected chi connectivity index (χ4v) is 2.79. The third-order valence-corrected chi connectivity index (χ3v) is 4.29. The number of hydrogen-bond acceptors (Lipinski definition) is 7. The second-order valence-electron chi connectivity index (χ2n) is 6.29. The van der Waals surface area contributed by atoms with Crippen LogP contribution >= 0.6 is 0 Å². The number of hydrazone groups is 1. The van der Waals surface area contributed by atoms with E-state index in [4.69, 9.17) is 9.47 Å². The Hall–Kier alpha value is -2.61. The molecule has 2 heterocycles. The number of methoxy groups -OCH3 is 1. The third kappa shape index (κ3) is 6.90. The highest BCUT2D eigenvalue weighted by atomic mass is 16.5. The molecule has 148 valence electrons. The highest BCUT2D eigenvalue weighted by molar-refractivity contribution is 5.95. The van der Waals surface area contributed by atoms with Crippen LogP contribution in [0.25, 0.3) is 0 Å². The first kappa shape index (κ1) is 20.7. The van der Waals surface area contributed by atoms with Crippen molar-refractivity contribution >= 4 is 18.4 Å². The molecule has 1 aliphatic heterocycles. The topological polar surface area (TPSA) is 83.4 Å². The SMILES string of the molecule is C=NNC(/C=C(\C)NC)=Nc1cc(OCCCN2CCCC2)c(OC)cn1. The van der Waals surface area contributed by atoms with Gasteiger partial charge in [-0.25, -0.2) is 9.98 Å². The fourth-order valence-electron chi connectivity index (χ4n) is 2.79. The molecule has 0 aliphatic carbocycles. The minimum Gasteiger partial charge on any atom is -0.491 e. The van der Waals surface area contributed by atoms with Crippen LogP contribution in [-0.4, -0.2) is 62.8 Å². The lowest BCUT2D eigenvalue weighted by molar-refractivity contribution is 0.254. The molecule has 8 nitrogen and oxygen atoms in total. The maximum atomic E-state index is 5.93. The predicted molar refractivity (Wildman–Crippen MR) is 109 cm³/mol. The van der Waals surface area contributed by atoms with E-state index in [-0.39, 0.29) is 0 Å². The van der Waals surface area contributed by atoms with Gasteiger partial charge in [0.15, 0.2) is 17.3 Å². The van der Waals surface area contributed by atoms with Gasteiger partial charge in [-0.1, -0.05) is 0 Å². The summed E-state index contributed by atoms with van der Waals surface area (Å²) in [6.45, 7) is 9.45. The number of amidine groups is 1. The van der Waals surface area contributed by atoms with Gasteiger partial charge in [0.05, 0.1) is 19.9 Å². The highest BCUT2D eigenvalue weighted by Gasteiger charge is 2.11. The molecule has 1 aromatic heterocycles. The molecule has 1 aliphatic rings. The Morgan fingerprint density at radius 2 is 2.15 bits per heavy atom. The zero-order valence-electron chi connectivity index (χ0n) is 16.5. The normalized spacial score (nSPS) is 15.5. The Morgan fingerprint density at radius 3 is 2.81 bits per heavy atom. The Bertz CT molecular complexity index is 668. The molecule has 0 amide bonds. The predicted octanol–water partition coefficient (Wildman–Crippen LogP) is 2.31. The van der Waals surface area contributed by atoms with Crippen LogP contribution < -0.4 is 20.2 Å². The lowest BCUT2D eigenvalue weighted by Gasteiger charge is -2.15. The van der Waals surface area contributed by atoms with Crippen LogP contribution in [0.2, 0.25) is 0 Å². The van der Waals surface area contributed by atoms with Crippen molar-refractivity contribution in [2.75, 3.05) is 40.4 Å². The molecule has 0 bridgehead atoms. The summed E-state index contributed by atoms with van der Waals surface area (Å²) in [5.74, 6) is 2.24. The first-order valence-electron chi connectivity index (χ1n) is 9.22. The van der Waals surface area contributed by atoms with E-state index in [1.165, 1.54) is 25.9 Å². The van der Waals surface area contributed by atoms with Gasteiger partial charge in [-0.2, -0.15) is 5.10 Å². The Labute approximate surface area is 161 Å². The summed E-state index contributed by atoms with van der Waals surface area (Å²) >= 11 is 0. The molecule has 0 unspecified atom stereocenters. The van der Waals surface area contributed by atoms with Crippen molar-refractivity contribution in [3.8, 4) is 11.5 Å². The Kier molecular flexibility index (Phi) is 8.57. The number of aromatic nitrogens is 1. The molecular formula is C19H30N6O2. The molecule has 0 saturated carbocycles. The molecule has 1 fully saturated rings. The molecule has 0 spiro atoms. The highest BCUT2D eigenvalue weighted by Crippen LogP contribution is 2.29. The number of hydrogen-bond donors (Lipinski definition) is 2. The Morgan fingerprint density at radius 1 is 1.37 bits per heavy atom. The van der Waals surface area contributed by atoms with Crippen molar-refractivity contribution in [2.45, 2.75) is 26.2 Å². The summed E-state index contributed by atoms with van der Waals surface area (Å²) in [6, 6.07) is 1.77. The smallest absolute Gasteiger partial charge is 0.179 e. The number of rotatable bonds is 10. The van der Waals surface area contributed by atoms with Gasteiger partial charge >= 0.3 is 0 Å². The van der Waals surface area contributed by atoms with E-state index >= 15 is 0 Å². The van der Waals surface area contributed by atoms with Gasteiger partial charge in [0.25, 0.3) is 0 Å². The van der Waals surface area contributed by atoms with Crippen LogP contribution in [0.5, 0.6) is 11.5 Å². The summed E-state index contributed by atoms with van der Waals surface area (Å²) in [7, 11) is 3.44. The molecule has 0 atom stereocenters. The number of nitrogens with zero attached hydrogens (tertiary/aromatic N) is 4. The molecule has 1 saturated heterocycles. The van der Waals surface area contributed by atoms with E-state index in [2.05, 4.69) is 37.4 Å². The summed E-state index contributed by atoms with van der Waals surface area (Å²) in [6.07, 6.45) is 7.01. The maximum Gasteiger partial charge on any atom is 0.179 e. The van der Waals surface area contributed by atoms with E-state index in [1.54, 1.807) is 19.4 Å². The minimum atomic E-state index is 0.497. The van der Waals surface area contributed by atoms with Gasteiger partial charge < -0.3 is 19.7 Å². The molecule has 27 heavy (non-hydrogen) atoms. The molecule has 0 radical (unpaired) electrons. The number of ether oxygens (including phenoxy) is 2. The van der Waals surface area contributed by atoms with E-state index in [0.717, 1.165) is 18.7 Å². The molecular weight excluding hydrogens is 344 g/mol. The minimum absolute atomic E-state index is 0.497. The summed E-state index contributed by atoms with van der Waals surface area (Å²) in [5, 5.41) is 6.72. The largest absolute Gasteiger partial charge is 0.491 e. The average molecular weight is 374 g/mol. The number of nitrogens with one attached hydrogen (secondary N) is 2. The standard InChI is InChI=1S/C19H30N6O2/c1-15(20-2)12-19(24-21-3)23-18-13-16(17(26-4)14-22-18)27-11-7-10-25-8-5-6-9-25/h12-14,20H,3,5-11H2,1-2,4H3,(H,22,23,24)/b15-12+. The van der Waals surface area contributed by atoms with Crippen molar-refractivity contribution in [1.82, 2.24) is 20.6 Å². The second kappa shape index (κ2) is 11.2. The van der Waals surface area contributed by atoms with Crippen molar-refractivity contribution in [3.05, 3.63) is 24.0 Å². The van der Waals surface area contributed by atoms with Crippen molar-refractivity contribution in [1.29, 1.82) is 0 Å². The first-order valence-corrected chi connectivity index (χ1v) is 9.22. The number of likely N-dealkylation sites (tertiary alicyclic amines) is 1. The molecule has 0 aromatic carbocycles. The average Bonchev–Trinajstić information content (AvgIpc) is 3.19. The van der Waals surface area contributed by atoms with Gasteiger partial charge in [0.2, 0.25) is 0 Å². The second-order valence-corrected chi connectivity index (χ2v) is 6.29. The summed E-state index contributed by atoms with van der Waals surface area (Å²) in [5.41, 5.74) is 3.69. The van der Waals surface area contributed by atoms with Crippen LogP contribution in [0, 0.1) is 0 Å². The van der Waals surface area contributed by atoms with Crippen LogP contribution in [0.1, 0.15) is 26.2 Å². The zero-order valence-corrected chi connectivity index (χ0v) is 16.5. The number of aliphatic imine (C=N–C) groups is 1. The summed E-state index contributed by atoms with van der Waals surface area (Å²) in [4.78, 5) is 11.2. The van der Waals surface area contributed by atoms with Gasteiger partial charge in [-0.15, -0.1) is 0 Å². The quantitative estimate of drug-likeness (QED) is 0.283.